The summed E-state index contributed by atoms with van der Waals surface area (Å²) in [7, 11) is 1.70. The molecule has 15 heavy (non-hydrogen) atoms. The molecule has 2 rings (SSSR count). The highest BCUT2D eigenvalue weighted by Gasteiger charge is 2.33. The fraction of sp³-hybridized carbons (Fsp3) is 0.909. The first-order valence-electron chi connectivity index (χ1n) is 5.96. The van der Waals surface area contributed by atoms with Crippen molar-refractivity contribution < 1.29 is 4.79 Å². The first-order chi connectivity index (χ1) is 7.29. The maximum atomic E-state index is 11.1. The van der Waals surface area contributed by atoms with Crippen LogP contribution >= 0.6 is 0 Å². The van der Waals surface area contributed by atoms with E-state index in [0.717, 1.165) is 19.0 Å². The molecule has 2 heterocycles. The fourth-order valence-corrected chi connectivity index (χ4v) is 2.70. The molecule has 2 atom stereocenters. The maximum absolute atomic E-state index is 11.1. The largest absolute Gasteiger partial charge is 0.359 e. The minimum Gasteiger partial charge on any atom is -0.359 e. The van der Waals surface area contributed by atoms with Gasteiger partial charge in [-0.25, -0.2) is 0 Å². The summed E-state index contributed by atoms with van der Waals surface area (Å²) in [6.45, 7) is 4.38. The van der Waals surface area contributed by atoms with Gasteiger partial charge in [-0.1, -0.05) is 0 Å². The first-order valence-corrected chi connectivity index (χ1v) is 5.96. The molecule has 4 nitrogen and oxygen atoms in total. The zero-order chi connectivity index (χ0) is 10.7. The highest BCUT2D eigenvalue weighted by molar-refractivity contribution is 5.75. The van der Waals surface area contributed by atoms with Gasteiger partial charge in [0.25, 0.3) is 0 Å². The fourth-order valence-electron chi connectivity index (χ4n) is 2.70. The molecule has 4 heteroatoms. The lowest BCUT2D eigenvalue weighted by Crippen LogP contribution is -2.40. The molecular weight excluding hydrogens is 190 g/mol. The Morgan fingerprint density at radius 3 is 3.13 bits per heavy atom. The third-order valence-electron chi connectivity index (χ3n) is 3.61. The number of rotatable bonds is 3. The van der Waals surface area contributed by atoms with Gasteiger partial charge >= 0.3 is 0 Å². The summed E-state index contributed by atoms with van der Waals surface area (Å²) in [4.78, 5) is 13.5. The van der Waals surface area contributed by atoms with E-state index in [4.69, 9.17) is 0 Å². The van der Waals surface area contributed by atoms with Gasteiger partial charge in [-0.15, -0.1) is 0 Å². The van der Waals surface area contributed by atoms with Crippen LogP contribution in [0.2, 0.25) is 0 Å². The summed E-state index contributed by atoms with van der Waals surface area (Å²) in [6.07, 6.45) is 3.30. The normalized spacial score (nSPS) is 31.3. The zero-order valence-electron chi connectivity index (χ0n) is 9.46. The monoisotopic (exact) mass is 211 g/mol. The second kappa shape index (κ2) is 4.94. The average molecular weight is 211 g/mol. The van der Waals surface area contributed by atoms with Gasteiger partial charge in [-0.05, 0) is 25.3 Å². The Kier molecular flexibility index (Phi) is 3.59. The summed E-state index contributed by atoms with van der Waals surface area (Å²) in [5, 5.41) is 6.24. The van der Waals surface area contributed by atoms with Gasteiger partial charge in [-0.2, -0.15) is 0 Å². The van der Waals surface area contributed by atoms with Crippen LogP contribution in [0.25, 0.3) is 0 Å². The third-order valence-corrected chi connectivity index (χ3v) is 3.61. The van der Waals surface area contributed by atoms with Crippen molar-refractivity contribution in [1.29, 1.82) is 0 Å². The van der Waals surface area contributed by atoms with E-state index in [0.29, 0.717) is 12.5 Å². The summed E-state index contributed by atoms with van der Waals surface area (Å²) < 4.78 is 0. The second-order valence-electron chi connectivity index (χ2n) is 4.65. The molecule has 2 aliphatic heterocycles. The Hall–Kier alpha value is -0.610. The van der Waals surface area contributed by atoms with E-state index in [1.54, 1.807) is 7.05 Å². The molecule has 0 aromatic heterocycles. The lowest BCUT2D eigenvalue weighted by Gasteiger charge is -2.24. The van der Waals surface area contributed by atoms with Gasteiger partial charge in [0.1, 0.15) is 0 Å². The van der Waals surface area contributed by atoms with Gasteiger partial charge in [0.2, 0.25) is 5.91 Å². The number of likely N-dealkylation sites (tertiary alicyclic amines) is 1. The molecule has 0 bridgehead atoms. The van der Waals surface area contributed by atoms with Crippen LogP contribution in [0, 0.1) is 5.92 Å². The molecule has 0 radical (unpaired) electrons. The van der Waals surface area contributed by atoms with Crippen molar-refractivity contribution in [1.82, 2.24) is 15.5 Å². The Bertz CT molecular complexity index is 218. The standard InChI is InChI=1S/C11H21N3O/c1-12-11(15)4-6-14-7-9-3-2-5-13-10(9)8-14/h9-10,13H,2-8H2,1H3,(H,12,15)/t9-,10+/m0/s1. The molecule has 1 amide bonds. The molecule has 0 aromatic carbocycles. The average Bonchev–Trinajstić information content (AvgIpc) is 2.68. The van der Waals surface area contributed by atoms with Crippen LogP contribution in [0.5, 0.6) is 0 Å². The highest BCUT2D eigenvalue weighted by Crippen LogP contribution is 2.24. The summed E-state index contributed by atoms with van der Waals surface area (Å²) in [5.41, 5.74) is 0. The minimum absolute atomic E-state index is 0.151. The van der Waals surface area contributed by atoms with Crippen molar-refractivity contribution in [2.24, 2.45) is 5.92 Å². The molecule has 0 aliphatic carbocycles. The molecule has 0 unspecified atom stereocenters. The number of piperidine rings is 1. The van der Waals surface area contributed by atoms with Crippen LogP contribution in [0.3, 0.4) is 0 Å². The number of nitrogens with one attached hydrogen (secondary N) is 2. The van der Waals surface area contributed by atoms with Gasteiger partial charge < -0.3 is 15.5 Å². The highest BCUT2D eigenvalue weighted by atomic mass is 16.1. The lowest BCUT2D eigenvalue weighted by molar-refractivity contribution is -0.120. The smallest absolute Gasteiger partial charge is 0.221 e. The maximum Gasteiger partial charge on any atom is 0.221 e. The summed E-state index contributed by atoms with van der Waals surface area (Å²) >= 11 is 0. The number of hydrogen-bond acceptors (Lipinski definition) is 3. The van der Waals surface area contributed by atoms with Crippen molar-refractivity contribution in [3.63, 3.8) is 0 Å². The molecule has 0 saturated carbocycles. The van der Waals surface area contributed by atoms with E-state index < -0.39 is 0 Å². The minimum atomic E-state index is 0.151. The number of carbonyl (C=O) groups excluding carboxylic acids is 1. The van der Waals surface area contributed by atoms with Crippen LogP contribution in [0.15, 0.2) is 0 Å². The lowest BCUT2D eigenvalue weighted by atomic mass is 9.94. The Balaban J connectivity index is 1.74. The topological polar surface area (TPSA) is 44.4 Å². The number of carbonyl (C=O) groups is 1. The SMILES string of the molecule is CNC(=O)CCN1C[C@@H]2CCCN[C@@H]2C1. The van der Waals surface area contributed by atoms with Gasteiger partial charge in [0.15, 0.2) is 0 Å². The second-order valence-corrected chi connectivity index (χ2v) is 4.65. The molecule has 0 spiro atoms. The quantitative estimate of drug-likeness (QED) is 0.680. The van der Waals surface area contributed by atoms with Crippen molar-refractivity contribution >= 4 is 5.91 Å². The van der Waals surface area contributed by atoms with E-state index in [1.807, 2.05) is 0 Å². The number of fused-ring (bicyclic) bond motifs is 1. The van der Waals surface area contributed by atoms with Crippen molar-refractivity contribution in [2.75, 3.05) is 33.2 Å². The Morgan fingerprint density at radius 1 is 1.53 bits per heavy atom. The third kappa shape index (κ3) is 2.69. The van der Waals surface area contributed by atoms with Crippen LogP contribution in [0.4, 0.5) is 0 Å². The molecular formula is C11H21N3O. The first kappa shape index (κ1) is 10.9. The van der Waals surface area contributed by atoms with E-state index in [9.17, 15) is 4.79 Å². The summed E-state index contributed by atoms with van der Waals surface area (Å²) in [5.74, 6) is 0.973. The molecule has 2 aliphatic rings. The van der Waals surface area contributed by atoms with Gasteiger partial charge in [-0.3, -0.25) is 4.79 Å². The number of nitrogens with zero attached hydrogens (tertiary/aromatic N) is 1. The van der Waals surface area contributed by atoms with E-state index >= 15 is 0 Å². The predicted molar refractivity (Wildman–Crippen MR) is 59.6 cm³/mol. The van der Waals surface area contributed by atoms with E-state index in [1.165, 1.54) is 25.9 Å². The van der Waals surface area contributed by atoms with Crippen LogP contribution in [-0.2, 0) is 4.79 Å². The number of hydrogen-bond donors (Lipinski definition) is 2. The van der Waals surface area contributed by atoms with E-state index in [2.05, 4.69) is 15.5 Å². The van der Waals surface area contributed by atoms with Crippen molar-refractivity contribution in [3.8, 4) is 0 Å². The Labute approximate surface area is 91.4 Å². The zero-order valence-corrected chi connectivity index (χ0v) is 9.46. The van der Waals surface area contributed by atoms with Crippen LogP contribution < -0.4 is 10.6 Å². The molecule has 86 valence electrons. The molecule has 0 aromatic rings. The predicted octanol–water partition coefficient (Wildman–Crippen LogP) is -0.194. The van der Waals surface area contributed by atoms with Crippen LogP contribution in [0.1, 0.15) is 19.3 Å². The van der Waals surface area contributed by atoms with Gasteiger partial charge in [0.05, 0.1) is 0 Å². The molecule has 2 saturated heterocycles. The van der Waals surface area contributed by atoms with E-state index in [-0.39, 0.29) is 5.91 Å². The Morgan fingerprint density at radius 2 is 2.40 bits per heavy atom. The molecule has 2 N–H and O–H groups in total. The summed E-state index contributed by atoms with van der Waals surface area (Å²) in [6, 6.07) is 0.684. The van der Waals surface area contributed by atoms with Crippen molar-refractivity contribution in [2.45, 2.75) is 25.3 Å². The van der Waals surface area contributed by atoms with Gasteiger partial charge in [0, 0.05) is 39.1 Å². The molecule has 2 fully saturated rings. The van der Waals surface area contributed by atoms with Crippen LogP contribution in [-0.4, -0.2) is 50.1 Å². The number of amides is 1. The van der Waals surface area contributed by atoms with Crippen molar-refractivity contribution in [3.05, 3.63) is 0 Å².